The van der Waals surface area contributed by atoms with Crippen LogP contribution in [0, 0.1) is 11.3 Å². The summed E-state index contributed by atoms with van der Waals surface area (Å²) in [6.07, 6.45) is 0. The molecule has 16 heavy (non-hydrogen) atoms. The molecule has 1 aromatic heterocycles. The van der Waals surface area contributed by atoms with Crippen LogP contribution in [0.2, 0.25) is 0 Å². The number of benzene rings is 1. The summed E-state index contributed by atoms with van der Waals surface area (Å²) in [5.74, 6) is 1.06. The third kappa shape index (κ3) is 1.63. The van der Waals surface area contributed by atoms with E-state index in [9.17, 15) is 0 Å². The van der Waals surface area contributed by atoms with E-state index < -0.39 is 0 Å². The van der Waals surface area contributed by atoms with Gasteiger partial charge in [0.25, 0.3) is 0 Å². The second kappa shape index (κ2) is 4.07. The zero-order chi connectivity index (χ0) is 11.5. The highest BCUT2D eigenvalue weighted by Crippen LogP contribution is 2.24. The Hall–Kier alpha value is -2.28. The highest BCUT2D eigenvalue weighted by Gasteiger charge is 2.07. The second-order valence-corrected chi connectivity index (χ2v) is 3.22. The van der Waals surface area contributed by atoms with E-state index in [1.807, 2.05) is 18.2 Å². The molecule has 1 aromatic carbocycles. The maximum absolute atomic E-state index is 8.92. The molecule has 0 unspecified atom stereocenters. The molecule has 4 heteroatoms. The van der Waals surface area contributed by atoms with Crippen molar-refractivity contribution >= 4 is 10.9 Å². The second-order valence-electron chi connectivity index (χ2n) is 3.22. The van der Waals surface area contributed by atoms with Crippen LogP contribution in [0.15, 0.2) is 24.3 Å². The fourth-order valence-electron chi connectivity index (χ4n) is 1.49. The van der Waals surface area contributed by atoms with Crippen molar-refractivity contribution in [1.29, 1.82) is 5.26 Å². The molecule has 2 aromatic rings. The number of aromatic nitrogens is 1. The molecule has 0 atom stereocenters. The number of pyridine rings is 1. The van der Waals surface area contributed by atoms with E-state index in [0.29, 0.717) is 11.4 Å². The van der Waals surface area contributed by atoms with Crippen LogP contribution < -0.4 is 9.47 Å². The summed E-state index contributed by atoms with van der Waals surface area (Å²) in [7, 11) is 3.09. The smallest absolute Gasteiger partial charge is 0.231 e. The lowest BCUT2D eigenvalue weighted by Crippen LogP contribution is -1.93. The third-order valence-electron chi connectivity index (χ3n) is 2.30. The summed E-state index contributed by atoms with van der Waals surface area (Å²) in [6.45, 7) is 0. The Morgan fingerprint density at radius 3 is 2.62 bits per heavy atom. The number of hydrogen-bond acceptors (Lipinski definition) is 4. The van der Waals surface area contributed by atoms with Crippen LogP contribution in [0.1, 0.15) is 5.56 Å². The Bertz CT molecular complexity index is 573. The summed E-state index contributed by atoms with van der Waals surface area (Å²) in [4.78, 5) is 4.25. The van der Waals surface area contributed by atoms with Crippen molar-refractivity contribution in [3.05, 3.63) is 29.8 Å². The predicted octanol–water partition coefficient (Wildman–Crippen LogP) is 2.12. The fraction of sp³-hybridized carbons (Fsp3) is 0.167. The number of nitriles is 1. The molecule has 0 amide bonds. The molecule has 0 saturated carbocycles. The average molecular weight is 214 g/mol. The molecular weight excluding hydrogens is 204 g/mol. The first kappa shape index (κ1) is 10.2. The monoisotopic (exact) mass is 214 g/mol. The van der Waals surface area contributed by atoms with Gasteiger partial charge in [-0.1, -0.05) is 0 Å². The summed E-state index contributed by atoms with van der Waals surface area (Å²) in [6, 6.07) is 9.30. The molecule has 0 aliphatic heterocycles. The minimum Gasteiger partial charge on any atom is -0.497 e. The molecule has 80 valence electrons. The van der Waals surface area contributed by atoms with Gasteiger partial charge in [0.2, 0.25) is 5.88 Å². The van der Waals surface area contributed by atoms with Gasteiger partial charge in [-0.05, 0) is 18.2 Å². The molecule has 0 aliphatic rings. The highest BCUT2D eigenvalue weighted by molar-refractivity contribution is 5.82. The van der Waals surface area contributed by atoms with Gasteiger partial charge in [0.1, 0.15) is 17.4 Å². The van der Waals surface area contributed by atoms with Crippen molar-refractivity contribution in [3.8, 4) is 17.7 Å². The molecule has 0 saturated heterocycles. The van der Waals surface area contributed by atoms with Gasteiger partial charge in [0.05, 0.1) is 19.7 Å². The molecule has 4 nitrogen and oxygen atoms in total. The van der Waals surface area contributed by atoms with E-state index in [1.165, 1.54) is 7.11 Å². The Labute approximate surface area is 93.0 Å². The molecular formula is C12H10N2O2. The minimum absolute atomic E-state index is 0.336. The van der Waals surface area contributed by atoms with Gasteiger partial charge in [0.15, 0.2) is 0 Å². The van der Waals surface area contributed by atoms with Gasteiger partial charge >= 0.3 is 0 Å². The summed E-state index contributed by atoms with van der Waals surface area (Å²) in [5.41, 5.74) is 1.18. The molecule has 0 radical (unpaired) electrons. The standard InChI is InChI=1S/C12H10N2O2/c1-15-10-4-3-8-5-9(7-13)12(16-2)14-11(8)6-10/h3-6H,1-2H3. The van der Waals surface area contributed by atoms with E-state index in [1.54, 1.807) is 19.2 Å². The van der Waals surface area contributed by atoms with E-state index >= 15 is 0 Å². The molecule has 2 rings (SSSR count). The van der Waals surface area contributed by atoms with Gasteiger partial charge in [-0.3, -0.25) is 0 Å². The Morgan fingerprint density at radius 2 is 2.00 bits per heavy atom. The van der Waals surface area contributed by atoms with Crippen molar-refractivity contribution < 1.29 is 9.47 Å². The number of fused-ring (bicyclic) bond motifs is 1. The molecule has 0 aliphatic carbocycles. The minimum atomic E-state index is 0.336. The molecule has 0 spiro atoms. The van der Waals surface area contributed by atoms with E-state index in [4.69, 9.17) is 14.7 Å². The number of rotatable bonds is 2. The zero-order valence-corrected chi connectivity index (χ0v) is 9.02. The first-order valence-electron chi connectivity index (χ1n) is 4.71. The number of hydrogen-bond donors (Lipinski definition) is 0. The van der Waals surface area contributed by atoms with Crippen molar-refractivity contribution in [2.24, 2.45) is 0 Å². The third-order valence-corrected chi connectivity index (χ3v) is 2.30. The lowest BCUT2D eigenvalue weighted by atomic mass is 10.1. The average Bonchev–Trinajstić information content (AvgIpc) is 2.36. The van der Waals surface area contributed by atoms with Crippen molar-refractivity contribution in [2.45, 2.75) is 0 Å². The van der Waals surface area contributed by atoms with Gasteiger partial charge in [-0.25, -0.2) is 4.98 Å². The number of methoxy groups -OCH3 is 2. The quantitative estimate of drug-likeness (QED) is 0.768. The van der Waals surface area contributed by atoms with E-state index in [-0.39, 0.29) is 0 Å². The van der Waals surface area contributed by atoms with Gasteiger partial charge in [0, 0.05) is 11.5 Å². The van der Waals surface area contributed by atoms with E-state index in [2.05, 4.69) is 4.98 Å². The summed E-state index contributed by atoms with van der Waals surface area (Å²) in [5, 5.41) is 9.80. The Balaban J connectivity index is 2.69. The van der Waals surface area contributed by atoms with Gasteiger partial charge < -0.3 is 9.47 Å². The largest absolute Gasteiger partial charge is 0.497 e. The van der Waals surface area contributed by atoms with Gasteiger partial charge in [-0.15, -0.1) is 0 Å². The maximum Gasteiger partial charge on any atom is 0.231 e. The SMILES string of the molecule is COc1ccc2cc(C#N)c(OC)nc2c1. The van der Waals surface area contributed by atoms with Crippen molar-refractivity contribution in [2.75, 3.05) is 14.2 Å². The van der Waals surface area contributed by atoms with Gasteiger partial charge in [-0.2, -0.15) is 5.26 Å². The van der Waals surface area contributed by atoms with Crippen LogP contribution in [-0.2, 0) is 0 Å². The van der Waals surface area contributed by atoms with Crippen LogP contribution in [0.5, 0.6) is 11.6 Å². The Kier molecular flexibility index (Phi) is 2.61. The topological polar surface area (TPSA) is 55.1 Å². The molecule has 0 N–H and O–H groups in total. The van der Waals surface area contributed by atoms with Crippen molar-refractivity contribution in [1.82, 2.24) is 4.98 Å². The zero-order valence-electron chi connectivity index (χ0n) is 9.02. The van der Waals surface area contributed by atoms with Crippen LogP contribution in [0.3, 0.4) is 0 Å². The highest BCUT2D eigenvalue weighted by atomic mass is 16.5. The first-order chi connectivity index (χ1) is 7.78. The predicted molar refractivity (Wildman–Crippen MR) is 59.6 cm³/mol. The lowest BCUT2D eigenvalue weighted by molar-refractivity contribution is 0.398. The van der Waals surface area contributed by atoms with Crippen molar-refractivity contribution in [3.63, 3.8) is 0 Å². The Morgan fingerprint density at radius 1 is 1.19 bits per heavy atom. The molecule has 0 bridgehead atoms. The first-order valence-corrected chi connectivity index (χ1v) is 4.71. The number of nitrogens with zero attached hydrogens (tertiary/aromatic N) is 2. The lowest BCUT2D eigenvalue weighted by Gasteiger charge is -2.05. The molecule has 0 fully saturated rings. The maximum atomic E-state index is 8.92. The summed E-state index contributed by atoms with van der Waals surface area (Å²) < 4.78 is 10.1. The van der Waals surface area contributed by atoms with Crippen LogP contribution in [0.4, 0.5) is 0 Å². The normalized spacial score (nSPS) is 9.81. The van der Waals surface area contributed by atoms with Crippen LogP contribution in [-0.4, -0.2) is 19.2 Å². The van der Waals surface area contributed by atoms with E-state index in [0.717, 1.165) is 16.7 Å². The molecule has 1 heterocycles. The fourth-order valence-corrected chi connectivity index (χ4v) is 1.49. The summed E-state index contributed by atoms with van der Waals surface area (Å²) >= 11 is 0. The number of ether oxygens (including phenoxy) is 2. The van der Waals surface area contributed by atoms with Crippen LogP contribution >= 0.6 is 0 Å². The van der Waals surface area contributed by atoms with Crippen LogP contribution in [0.25, 0.3) is 10.9 Å².